The molecule has 0 spiro atoms. The maximum Gasteiger partial charge on any atom is 0.305 e. The van der Waals surface area contributed by atoms with Gasteiger partial charge in [-0.15, -0.1) is 0 Å². The summed E-state index contributed by atoms with van der Waals surface area (Å²) in [5.41, 5.74) is 0. The summed E-state index contributed by atoms with van der Waals surface area (Å²) in [6.45, 7) is 4.72. The number of carbonyl (C=O) groups excluding carboxylic acids is 1. The zero-order valence-corrected chi connectivity index (χ0v) is 9.42. The summed E-state index contributed by atoms with van der Waals surface area (Å²) in [6, 6.07) is 0. The second-order valence-electron chi connectivity index (χ2n) is 3.39. The molecule has 0 N–H and O–H groups in total. The van der Waals surface area contributed by atoms with Crippen LogP contribution in [0.5, 0.6) is 0 Å². The second-order valence-corrected chi connectivity index (χ2v) is 3.39. The van der Waals surface area contributed by atoms with Gasteiger partial charge in [0.05, 0.1) is 6.61 Å². The third kappa shape index (κ3) is 9.30. The van der Waals surface area contributed by atoms with Crippen LogP contribution in [0.25, 0.3) is 0 Å². The largest absolute Gasteiger partial charge is 0.466 e. The Kier molecular flexibility index (Phi) is 9.71. The molecule has 2 heteroatoms. The minimum Gasteiger partial charge on any atom is -0.466 e. The fourth-order valence-electron chi connectivity index (χ4n) is 1.14. The summed E-state index contributed by atoms with van der Waals surface area (Å²) in [6.07, 6.45) is 9.81. The lowest BCUT2D eigenvalue weighted by Gasteiger charge is -2.02. The Bertz CT molecular complexity index is 162. The molecule has 0 heterocycles. The van der Waals surface area contributed by atoms with Crippen molar-refractivity contribution < 1.29 is 9.53 Å². The summed E-state index contributed by atoms with van der Waals surface area (Å²) in [7, 11) is 0. The predicted molar refractivity (Wildman–Crippen MR) is 59.1 cm³/mol. The lowest BCUT2D eigenvalue weighted by Crippen LogP contribution is -2.05. The van der Waals surface area contributed by atoms with Crippen LogP contribution >= 0.6 is 0 Å². The van der Waals surface area contributed by atoms with Crippen molar-refractivity contribution in [2.24, 2.45) is 0 Å². The molecule has 0 bridgehead atoms. The third-order valence-electron chi connectivity index (χ3n) is 2.00. The monoisotopic (exact) mass is 198 g/mol. The molecule has 0 aliphatic heterocycles. The number of allylic oxidation sites excluding steroid dienone is 2. The fraction of sp³-hybridized carbons (Fsp3) is 0.750. The first-order valence-electron chi connectivity index (χ1n) is 5.58. The zero-order chi connectivity index (χ0) is 10.6. The lowest BCUT2D eigenvalue weighted by molar-refractivity contribution is -0.143. The van der Waals surface area contributed by atoms with E-state index in [0.717, 1.165) is 25.7 Å². The molecular formula is C12H22O2. The van der Waals surface area contributed by atoms with Crippen molar-refractivity contribution in [3.8, 4) is 0 Å². The van der Waals surface area contributed by atoms with Gasteiger partial charge in [-0.1, -0.05) is 31.9 Å². The molecule has 0 aliphatic rings. The van der Waals surface area contributed by atoms with Crippen LogP contribution in [0, 0.1) is 0 Å². The van der Waals surface area contributed by atoms with Crippen molar-refractivity contribution in [3.63, 3.8) is 0 Å². The van der Waals surface area contributed by atoms with E-state index in [-0.39, 0.29) is 5.97 Å². The Morgan fingerprint density at radius 3 is 2.71 bits per heavy atom. The number of ether oxygens (including phenoxy) is 1. The van der Waals surface area contributed by atoms with Crippen LogP contribution < -0.4 is 0 Å². The van der Waals surface area contributed by atoms with E-state index >= 15 is 0 Å². The Labute approximate surface area is 87.3 Å². The van der Waals surface area contributed by atoms with Crippen LogP contribution in [0.4, 0.5) is 0 Å². The second kappa shape index (κ2) is 10.3. The van der Waals surface area contributed by atoms with Gasteiger partial charge in [0.1, 0.15) is 0 Å². The third-order valence-corrected chi connectivity index (χ3v) is 2.00. The number of hydrogen-bond acceptors (Lipinski definition) is 2. The Morgan fingerprint density at radius 2 is 2.07 bits per heavy atom. The van der Waals surface area contributed by atoms with Gasteiger partial charge in [-0.05, 0) is 26.2 Å². The van der Waals surface area contributed by atoms with Gasteiger partial charge in [-0.3, -0.25) is 4.79 Å². The summed E-state index contributed by atoms with van der Waals surface area (Å²) in [5.74, 6) is -0.0504. The van der Waals surface area contributed by atoms with Gasteiger partial charge in [0.2, 0.25) is 0 Å². The predicted octanol–water partition coefficient (Wildman–Crippen LogP) is 3.47. The topological polar surface area (TPSA) is 26.3 Å². The Hall–Kier alpha value is -0.790. The molecule has 0 rings (SSSR count). The number of unbranched alkanes of at least 4 members (excludes halogenated alkanes) is 3. The van der Waals surface area contributed by atoms with Crippen LogP contribution in [0.2, 0.25) is 0 Å². The number of rotatable bonds is 8. The van der Waals surface area contributed by atoms with E-state index in [1.165, 1.54) is 6.42 Å². The molecule has 0 atom stereocenters. The smallest absolute Gasteiger partial charge is 0.305 e. The van der Waals surface area contributed by atoms with Crippen LogP contribution in [-0.4, -0.2) is 12.6 Å². The fourth-order valence-corrected chi connectivity index (χ4v) is 1.14. The first kappa shape index (κ1) is 13.2. The molecule has 0 aromatic carbocycles. The van der Waals surface area contributed by atoms with Crippen molar-refractivity contribution in [1.29, 1.82) is 0 Å². The average Bonchev–Trinajstić information content (AvgIpc) is 2.19. The van der Waals surface area contributed by atoms with Crippen LogP contribution in [-0.2, 0) is 9.53 Å². The standard InChI is InChI=1S/C12H22O2/c1-3-5-7-8-10-12(13)14-11-9-6-4-2/h3,5H,4,6-11H2,1-2H3/b5-3+. The van der Waals surface area contributed by atoms with E-state index in [0.29, 0.717) is 13.0 Å². The van der Waals surface area contributed by atoms with Crippen LogP contribution in [0.3, 0.4) is 0 Å². The molecule has 0 saturated heterocycles. The van der Waals surface area contributed by atoms with Crippen LogP contribution in [0.1, 0.15) is 52.4 Å². The van der Waals surface area contributed by atoms with Gasteiger partial charge in [-0.25, -0.2) is 0 Å². The Morgan fingerprint density at radius 1 is 1.29 bits per heavy atom. The van der Waals surface area contributed by atoms with E-state index in [9.17, 15) is 4.79 Å². The van der Waals surface area contributed by atoms with Crippen molar-refractivity contribution in [2.75, 3.05) is 6.61 Å². The van der Waals surface area contributed by atoms with Crippen molar-refractivity contribution in [1.82, 2.24) is 0 Å². The summed E-state index contributed by atoms with van der Waals surface area (Å²) >= 11 is 0. The minimum atomic E-state index is -0.0504. The number of hydrogen-bond donors (Lipinski definition) is 0. The average molecular weight is 198 g/mol. The van der Waals surface area contributed by atoms with Crippen molar-refractivity contribution in [3.05, 3.63) is 12.2 Å². The molecular weight excluding hydrogens is 176 g/mol. The molecule has 14 heavy (non-hydrogen) atoms. The van der Waals surface area contributed by atoms with Crippen LogP contribution in [0.15, 0.2) is 12.2 Å². The number of esters is 1. The normalized spacial score (nSPS) is 10.7. The SMILES string of the molecule is C/C=C/CCCC(=O)OCCCCC. The zero-order valence-electron chi connectivity index (χ0n) is 9.42. The highest BCUT2D eigenvalue weighted by Gasteiger charge is 2.00. The molecule has 0 radical (unpaired) electrons. The van der Waals surface area contributed by atoms with E-state index in [4.69, 9.17) is 4.74 Å². The summed E-state index contributed by atoms with van der Waals surface area (Å²) in [4.78, 5) is 11.1. The molecule has 0 saturated carbocycles. The molecule has 0 aromatic rings. The van der Waals surface area contributed by atoms with Crippen molar-refractivity contribution >= 4 is 5.97 Å². The number of carbonyl (C=O) groups is 1. The van der Waals surface area contributed by atoms with E-state index in [2.05, 4.69) is 13.0 Å². The van der Waals surface area contributed by atoms with E-state index in [1.807, 2.05) is 13.0 Å². The van der Waals surface area contributed by atoms with Gasteiger partial charge in [0.15, 0.2) is 0 Å². The van der Waals surface area contributed by atoms with Gasteiger partial charge in [0, 0.05) is 6.42 Å². The lowest BCUT2D eigenvalue weighted by atomic mass is 10.2. The summed E-state index contributed by atoms with van der Waals surface area (Å²) < 4.78 is 5.06. The van der Waals surface area contributed by atoms with Gasteiger partial charge in [0.25, 0.3) is 0 Å². The van der Waals surface area contributed by atoms with Crippen molar-refractivity contribution in [2.45, 2.75) is 52.4 Å². The maximum atomic E-state index is 11.1. The first-order valence-corrected chi connectivity index (χ1v) is 5.58. The molecule has 0 unspecified atom stereocenters. The molecule has 0 fully saturated rings. The maximum absolute atomic E-state index is 11.1. The highest BCUT2D eigenvalue weighted by molar-refractivity contribution is 5.69. The minimum absolute atomic E-state index is 0.0504. The Balaban J connectivity index is 3.19. The molecule has 2 nitrogen and oxygen atoms in total. The molecule has 0 aromatic heterocycles. The van der Waals surface area contributed by atoms with Gasteiger partial charge >= 0.3 is 5.97 Å². The highest BCUT2D eigenvalue weighted by atomic mass is 16.5. The molecule has 82 valence electrons. The summed E-state index contributed by atoms with van der Waals surface area (Å²) in [5, 5.41) is 0. The quantitative estimate of drug-likeness (QED) is 0.339. The molecule has 0 amide bonds. The molecule has 0 aliphatic carbocycles. The first-order chi connectivity index (χ1) is 6.81. The van der Waals surface area contributed by atoms with Gasteiger partial charge in [-0.2, -0.15) is 0 Å². The highest BCUT2D eigenvalue weighted by Crippen LogP contribution is 2.00. The van der Waals surface area contributed by atoms with E-state index < -0.39 is 0 Å². The van der Waals surface area contributed by atoms with E-state index in [1.54, 1.807) is 0 Å². The van der Waals surface area contributed by atoms with Gasteiger partial charge < -0.3 is 4.74 Å².